The van der Waals surface area contributed by atoms with Crippen LogP contribution in [0.4, 0.5) is 8.78 Å². The summed E-state index contributed by atoms with van der Waals surface area (Å²) in [5.41, 5.74) is 0. The molecule has 6 heteroatoms. The van der Waals surface area contributed by atoms with Gasteiger partial charge in [0, 0.05) is 37.5 Å². The number of piperidine rings is 2. The van der Waals surface area contributed by atoms with Crippen LogP contribution in [0.15, 0.2) is 0 Å². The number of hydrogen-bond donors (Lipinski definition) is 0. The third-order valence-electron chi connectivity index (χ3n) is 5.50. The first-order valence-electron chi connectivity index (χ1n) is 9.63. The zero-order chi connectivity index (χ0) is 17.5. The fourth-order valence-corrected chi connectivity index (χ4v) is 4.89. The van der Waals surface area contributed by atoms with E-state index in [4.69, 9.17) is 0 Å². The largest absolute Gasteiger partial charge is 0.301 e. The van der Waals surface area contributed by atoms with Gasteiger partial charge in [-0.3, -0.25) is 9.21 Å². The van der Waals surface area contributed by atoms with Crippen molar-refractivity contribution in [3.8, 4) is 0 Å². The first-order chi connectivity index (χ1) is 11.5. The summed E-state index contributed by atoms with van der Waals surface area (Å²) in [5, 5.41) is 0. The second-order valence-electron chi connectivity index (χ2n) is 7.50. The average molecular weight is 364 g/mol. The Bertz CT molecular complexity index is 341. The molecular formula is C18H35F2N3S. The van der Waals surface area contributed by atoms with E-state index in [0.717, 1.165) is 64.2 Å². The molecule has 2 heterocycles. The number of rotatable bonds is 8. The molecule has 24 heavy (non-hydrogen) atoms. The molecule has 3 nitrogen and oxygen atoms in total. The van der Waals surface area contributed by atoms with Crippen molar-refractivity contribution < 1.29 is 8.78 Å². The summed E-state index contributed by atoms with van der Waals surface area (Å²) in [6.07, 6.45) is 2.16. The standard InChI is InChI=1S/C18H35F2N3S/c1-4-24-23-11-5-16(6-12-23)13-22(14-18(19)20)17-7-9-21(10-8-17)15(2)3/h15-18H,4-14H2,1-3H3. The number of hydrogen-bond acceptors (Lipinski definition) is 4. The van der Waals surface area contributed by atoms with E-state index in [1.54, 1.807) is 0 Å². The van der Waals surface area contributed by atoms with Gasteiger partial charge in [0.05, 0.1) is 6.54 Å². The highest BCUT2D eigenvalue weighted by Crippen LogP contribution is 2.26. The van der Waals surface area contributed by atoms with Crippen LogP contribution >= 0.6 is 11.9 Å². The van der Waals surface area contributed by atoms with E-state index in [9.17, 15) is 8.78 Å². The minimum atomic E-state index is -2.22. The van der Waals surface area contributed by atoms with Gasteiger partial charge in [-0.2, -0.15) is 0 Å². The van der Waals surface area contributed by atoms with Gasteiger partial charge >= 0.3 is 0 Å². The molecule has 0 N–H and O–H groups in total. The average Bonchev–Trinajstić information content (AvgIpc) is 2.56. The van der Waals surface area contributed by atoms with Crippen molar-refractivity contribution in [2.75, 3.05) is 45.0 Å². The zero-order valence-corrected chi connectivity index (χ0v) is 16.4. The molecule has 2 rings (SSSR count). The lowest BCUT2D eigenvalue weighted by Crippen LogP contribution is -2.50. The molecule has 0 aliphatic carbocycles. The van der Waals surface area contributed by atoms with E-state index >= 15 is 0 Å². The zero-order valence-electron chi connectivity index (χ0n) is 15.6. The predicted octanol–water partition coefficient (Wildman–Crippen LogP) is 3.81. The number of halogens is 2. The third kappa shape index (κ3) is 6.43. The van der Waals surface area contributed by atoms with Crippen LogP contribution in [-0.2, 0) is 0 Å². The van der Waals surface area contributed by atoms with Gasteiger partial charge in [0.1, 0.15) is 0 Å². The highest BCUT2D eigenvalue weighted by atomic mass is 32.2. The Kier molecular flexibility index (Phi) is 8.75. The molecule has 0 spiro atoms. The summed E-state index contributed by atoms with van der Waals surface area (Å²) < 4.78 is 28.6. The van der Waals surface area contributed by atoms with Crippen molar-refractivity contribution in [3.05, 3.63) is 0 Å². The molecule has 2 aliphatic rings. The molecule has 0 saturated carbocycles. The maximum Gasteiger partial charge on any atom is 0.251 e. The Morgan fingerprint density at radius 2 is 1.67 bits per heavy atom. The third-order valence-corrected chi connectivity index (χ3v) is 6.48. The lowest BCUT2D eigenvalue weighted by atomic mass is 9.95. The lowest BCUT2D eigenvalue weighted by molar-refractivity contribution is 0.0240. The molecule has 0 aromatic rings. The Morgan fingerprint density at radius 1 is 1.04 bits per heavy atom. The van der Waals surface area contributed by atoms with Crippen LogP contribution in [0.3, 0.4) is 0 Å². The van der Waals surface area contributed by atoms with Crippen molar-refractivity contribution in [3.63, 3.8) is 0 Å². The summed E-state index contributed by atoms with van der Waals surface area (Å²) >= 11 is 1.91. The molecule has 0 bridgehead atoms. The lowest BCUT2D eigenvalue weighted by Gasteiger charge is -2.42. The van der Waals surface area contributed by atoms with Gasteiger partial charge < -0.3 is 4.90 Å². The fourth-order valence-electron chi connectivity index (χ4n) is 4.05. The second-order valence-corrected chi connectivity index (χ2v) is 8.85. The van der Waals surface area contributed by atoms with Crippen LogP contribution in [0.2, 0.25) is 0 Å². The van der Waals surface area contributed by atoms with Gasteiger partial charge in [0.25, 0.3) is 6.43 Å². The predicted molar refractivity (Wildman–Crippen MR) is 99.7 cm³/mol. The molecule has 0 amide bonds. The molecule has 0 atom stereocenters. The topological polar surface area (TPSA) is 9.72 Å². The van der Waals surface area contributed by atoms with E-state index in [0.29, 0.717) is 18.0 Å². The van der Waals surface area contributed by atoms with Gasteiger partial charge in [-0.25, -0.2) is 8.78 Å². The molecule has 0 radical (unpaired) electrons. The second kappa shape index (κ2) is 10.3. The quantitative estimate of drug-likeness (QED) is 0.607. The van der Waals surface area contributed by atoms with Crippen LogP contribution in [0.5, 0.6) is 0 Å². The number of likely N-dealkylation sites (tertiary alicyclic amines) is 1. The molecule has 142 valence electrons. The van der Waals surface area contributed by atoms with Crippen LogP contribution < -0.4 is 0 Å². The van der Waals surface area contributed by atoms with Crippen molar-refractivity contribution in [1.29, 1.82) is 0 Å². The van der Waals surface area contributed by atoms with E-state index in [1.165, 1.54) is 0 Å². The first kappa shape index (κ1) is 20.4. The molecule has 0 unspecified atom stereocenters. The van der Waals surface area contributed by atoms with Crippen molar-refractivity contribution in [2.45, 2.75) is 65.0 Å². The number of alkyl halides is 2. The van der Waals surface area contributed by atoms with Gasteiger partial charge in [-0.15, -0.1) is 0 Å². The summed E-state index contributed by atoms with van der Waals surface area (Å²) in [7, 11) is 0. The molecular weight excluding hydrogens is 328 g/mol. The van der Waals surface area contributed by atoms with Gasteiger partial charge in [-0.1, -0.05) is 18.9 Å². The minimum Gasteiger partial charge on any atom is -0.301 e. The minimum absolute atomic E-state index is 0.0454. The van der Waals surface area contributed by atoms with Crippen molar-refractivity contribution in [2.24, 2.45) is 5.92 Å². The molecule has 2 aliphatic heterocycles. The summed E-state index contributed by atoms with van der Waals surface area (Å²) in [5.74, 6) is 1.71. The van der Waals surface area contributed by atoms with Gasteiger partial charge in [0.2, 0.25) is 0 Å². The fraction of sp³-hybridized carbons (Fsp3) is 1.00. The van der Waals surface area contributed by atoms with E-state index < -0.39 is 6.43 Å². The molecule has 0 aromatic carbocycles. The first-order valence-corrected chi connectivity index (χ1v) is 10.6. The Morgan fingerprint density at radius 3 is 2.17 bits per heavy atom. The number of nitrogens with zero attached hydrogens (tertiary/aromatic N) is 3. The van der Waals surface area contributed by atoms with Gasteiger partial charge in [0.15, 0.2) is 0 Å². The van der Waals surface area contributed by atoms with Crippen LogP contribution in [-0.4, -0.2) is 77.6 Å². The SMILES string of the molecule is CCSN1CCC(CN(CC(F)F)C2CCN(C(C)C)CC2)CC1. The monoisotopic (exact) mass is 363 g/mol. The van der Waals surface area contributed by atoms with Crippen LogP contribution in [0.1, 0.15) is 46.5 Å². The van der Waals surface area contributed by atoms with Crippen LogP contribution in [0, 0.1) is 5.92 Å². The van der Waals surface area contributed by atoms with E-state index in [2.05, 4.69) is 34.9 Å². The smallest absolute Gasteiger partial charge is 0.251 e. The summed E-state index contributed by atoms with van der Waals surface area (Å²) in [4.78, 5) is 4.59. The van der Waals surface area contributed by atoms with E-state index in [-0.39, 0.29) is 6.54 Å². The van der Waals surface area contributed by atoms with E-state index in [1.807, 2.05) is 11.9 Å². The van der Waals surface area contributed by atoms with Crippen molar-refractivity contribution >= 4 is 11.9 Å². The molecule has 0 aromatic heterocycles. The normalized spacial score (nSPS) is 23.0. The summed E-state index contributed by atoms with van der Waals surface area (Å²) in [6, 6.07) is 0.909. The van der Waals surface area contributed by atoms with Gasteiger partial charge in [-0.05, 0) is 58.5 Å². The Labute approximate surface area is 151 Å². The summed E-state index contributed by atoms with van der Waals surface area (Å²) in [6.45, 7) is 11.8. The van der Waals surface area contributed by atoms with Crippen molar-refractivity contribution in [1.82, 2.24) is 14.1 Å². The Balaban J connectivity index is 1.83. The maximum atomic E-state index is 13.1. The highest BCUT2D eigenvalue weighted by Gasteiger charge is 2.30. The highest BCUT2D eigenvalue weighted by molar-refractivity contribution is 7.96. The molecule has 2 saturated heterocycles. The van der Waals surface area contributed by atoms with Crippen LogP contribution in [0.25, 0.3) is 0 Å². The maximum absolute atomic E-state index is 13.1. The Hall–Kier alpha value is 0.0900. The molecule has 2 fully saturated rings.